The number of Topliss-reactive ketones (excluding diaryl/α,β-unsaturated/α-hetero) is 1. The molecule has 0 amide bonds. The van der Waals surface area contributed by atoms with Crippen LogP contribution in [0.4, 0.5) is 10.1 Å². The lowest BCUT2D eigenvalue weighted by molar-refractivity contribution is 0.0436. The van der Waals surface area contributed by atoms with Crippen molar-refractivity contribution in [2.75, 3.05) is 23.4 Å². The van der Waals surface area contributed by atoms with Crippen LogP contribution in [-0.2, 0) is 9.84 Å². The van der Waals surface area contributed by atoms with Crippen molar-refractivity contribution >= 4 is 21.3 Å². The van der Waals surface area contributed by atoms with Crippen molar-refractivity contribution in [3.8, 4) is 0 Å². The van der Waals surface area contributed by atoms with Crippen molar-refractivity contribution in [3.05, 3.63) is 29.6 Å². The molecule has 116 valence electrons. The Bertz CT molecular complexity index is 643. The summed E-state index contributed by atoms with van der Waals surface area (Å²) >= 11 is 0. The summed E-state index contributed by atoms with van der Waals surface area (Å²) in [5, 5.41) is 13.3. The molecule has 2 rings (SSSR count). The van der Waals surface area contributed by atoms with E-state index in [9.17, 15) is 22.7 Å². The molecular formula is C14H18FNO4S. The maximum absolute atomic E-state index is 13.2. The molecule has 1 saturated heterocycles. The average Bonchev–Trinajstić information content (AvgIpc) is 2.41. The second-order valence-electron chi connectivity index (χ2n) is 5.48. The highest BCUT2D eigenvalue weighted by Gasteiger charge is 2.35. The lowest BCUT2D eigenvalue weighted by Gasteiger charge is -2.32. The van der Waals surface area contributed by atoms with Crippen LogP contribution < -0.4 is 5.32 Å². The van der Waals surface area contributed by atoms with Gasteiger partial charge in [-0.3, -0.25) is 4.79 Å². The van der Waals surface area contributed by atoms with Crippen LogP contribution in [0.15, 0.2) is 18.2 Å². The van der Waals surface area contributed by atoms with E-state index in [0.29, 0.717) is 5.69 Å². The fourth-order valence-corrected chi connectivity index (χ4v) is 3.90. The summed E-state index contributed by atoms with van der Waals surface area (Å²) in [6, 6.07) is 3.80. The summed E-state index contributed by atoms with van der Waals surface area (Å²) in [5.74, 6) is -0.883. The molecule has 0 saturated carbocycles. The first-order valence-corrected chi connectivity index (χ1v) is 8.50. The standard InChI is InChI=1S/C14H18FNO4S/c1-10(17)12-8-11(15)2-3-13(12)16-9-14(18)4-6-21(19,20)7-5-14/h2-3,8,16,18H,4-7,9H2,1H3. The Labute approximate surface area is 123 Å². The van der Waals surface area contributed by atoms with E-state index >= 15 is 0 Å². The van der Waals surface area contributed by atoms with Crippen LogP contribution in [0.25, 0.3) is 0 Å². The fraction of sp³-hybridized carbons (Fsp3) is 0.500. The van der Waals surface area contributed by atoms with Crippen molar-refractivity contribution in [1.29, 1.82) is 0 Å². The number of sulfone groups is 1. The van der Waals surface area contributed by atoms with E-state index < -0.39 is 21.3 Å². The molecule has 7 heteroatoms. The summed E-state index contributed by atoms with van der Waals surface area (Å²) < 4.78 is 35.9. The number of carbonyl (C=O) groups is 1. The molecule has 0 aliphatic carbocycles. The van der Waals surface area contributed by atoms with Gasteiger partial charge in [0.2, 0.25) is 0 Å². The molecule has 1 heterocycles. The first kappa shape index (κ1) is 15.9. The van der Waals surface area contributed by atoms with Gasteiger partial charge in [-0.25, -0.2) is 12.8 Å². The van der Waals surface area contributed by atoms with Crippen molar-refractivity contribution < 1.29 is 22.7 Å². The number of hydrogen-bond donors (Lipinski definition) is 2. The van der Waals surface area contributed by atoms with Gasteiger partial charge in [0.15, 0.2) is 15.6 Å². The largest absolute Gasteiger partial charge is 0.388 e. The Morgan fingerprint density at radius 2 is 2.00 bits per heavy atom. The SMILES string of the molecule is CC(=O)c1cc(F)ccc1NCC1(O)CCS(=O)(=O)CC1. The van der Waals surface area contributed by atoms with Crippen LogP contribution >= 0.6 is 0 Å². The number of hydrogen-bond acceptors (Lipinski definition) is 5. The van der Waals surface area contributed by atoms with E-state index in [1.807, 2.05) is 0 Å². The summed E-state index contributed by atoms with van der Waals surface area (Å²) in [6.07, 6.45) is 0.303. The Balaban J connectivity index is 2.08. The molecule has 0 aromatic heterocycles. The molecule has 2 N–H and O–H groups in total. The van der Waals surface area contributed by atoms with Crippen LogP contribution in [0.5, 0.6) is 0 Å². The number of aliphatic hydroxyl groups is 1. The van der Waals surface area contributed by atoms with E-state index in [4.69, 9.17) is 0 Å². The third kappa shape index (κ3) is 4.01. The number of benzene rings is 1. The Morgan fingerprint density at radius 1 is 1.38 bits per heavy atom. The van der Waals surface area contributed by atoms with Crippen molar-refractivity contribution in [2.24, 2.45) is 0 Å². The Hall–Kier alpha value is -1.47. The zero-order chi connectivity index (χ0) is 15.7. The molecule has 0 radical (unpaired) electrons. The van der Waals surface area contributed by atoms with E-state index in [-0.39, 0.29) is 42.2 Å². The molecule has 5 nitrogen and oxygen atoms in total. The highest BCUT2D eigenvalue weighted by molar-refractivity contribution is 7.91. The number of carbonyl (C=O) groups excluding carboxylic acids is 1. The van der Waals surface area contributed by atoms with E-state index in [1.54, 1.807) is 0 Å². The molecule has 0 spiro atoms. The van der Waals surface area contributed by atoms with Crippen LogP contribution in [0.3, 0.4) is 0 Å². The minimum atomic E-state index is -3.06. The quantitative estimate of drug-likeness (QED) is 0.820. The molecule has 0 bridgehead atoms. The van der Waals surface area contributed by atoms with Crippen molar-refractivity contribution in [3.63, 3.8) is 0 Å². The van der Waals surface area contributed by atoms with Gasteiger partial charge in [-0.05, 0) is 38.0 Å². The zero-order valence-electron chi connectivity index (χ0n) is 11.7. The van der Waals surface area contributed by atoms with Gasteiger partial charge in [0.1, 0.15) is 5.82 Å². The number of halogens is 1. The van der Waals surface area contributed by atoms with Gasteiger partial charge < -0.3 is 10.4 Å². The minimum absolute atomic E-state index is 0.0475. The molecule has 0 unspecified atom stereocenters. The lowest BCUT2D eigenvalue weighted by atomic mass is 9.96. The number of rotatable bonds is 4. The Kier molecular flexibility index (Phi) is 4.34. The number of ketones is 1. The van der Waals surface area contributed by atoms with Gasteiger partial charge in [0.05, 0.1) is 17.1 Å². The van der Waals surface area contributed by atoms with Crippen LogP contribution in [-0.4, -0.2) is 43.0 Å². The Morgan fingerprint density at radius 3 is 2.57 bits per heavy atom. The summed E-state index contributed by atoms with van der Waals surface area (Å²) in [7, 11) is -3.06. The molecule has 21 heavy (non-hydrogen) atoms. The predicted molar refractivity (Wildman–Crippen MR) is 77.7 cm³/mol. The maximum atomic E-state index is 13.2. The highest BCUT2D eigenvalue weighted by atomic mass is 32.2. The van der Waals surface area contributed by atoms with Gasteiger partial charge in [0.25, 0.3) is 0 Å². The summed E-state index contributed by atoms with van der Waals surface area (Å²) in [6.45, 7) is 1.45. The van der Waals surface area contributed by atoms with Gasteiger partial charge in [0, 0.05) is 17.8 Å². The zero-order valence-corrected chi connectivity index (χ0v) is 12.5. The molecule has 1 aliphatic rings. The second-order valence-corrected chi connectivity index (χ2v) is 7.78. The van der Waals surface area contributed by atoms with E-state index in [0.717, 1.165) is 6.07 Å². The minimum Gasteiger partial charge on any atom is -0.388 e. The second kappa shape index (κ2) is 5.73. The van der Waals surface area contributed by atoms with Crippen LogP contribution in [0.2, 0.25) is 0 Å². The maximum Gasteiger partial charge on any atom is 0.161 e. The first-order chi connectivity index (χ1) is 9.71. The first-order valence-electron chi connectivity index (χ1n) is 6.68. The topological polar surface area (TPSA) is 83.5 Å². The number of anilines is 1. The van der Waals surface area contributed by atoms with Gasteiger partial charge in [-0.2, -0.15) is 0 Å². The van der Waals surface area contributed by atoms with Gasteiger partial charge in [-0.1, -0.05) is 0 Å². The van der Waals surface area contributed by atoms with Gasteiger partial charge >= 0.3 is 0 Å². The molecular weight excluding hydrogens is 297 g/mol. The summed E-state index contributed by atoms with van der Waals surface area (Å²) in [4.78, 5) is 11.5. The van der Waals surface area contributed by atoms with Crippen molar-refractivity contribution in [2.45, 2.75) is 25.4 Å². The van der Waals surface area contributed by atoms with E-state index in [2.05, 4.69) is 5.32 Å². The normalized spacial score (nSPS) is 20.0. The van der Waals surface area contributed by atoms with Crippen LogP contribution in [0, 0.1) is 5.82 Å². The molecule has 1 aromatic carbocycles. The van der Waals surface area contributed by atoms with Crippen molar-refractivity contribution in [1.82, 2.24) is 0 Å². The van der Waals surface area contributed by atoms with Crippen LogP contribution in [0.1, 0.15) is 30.1 Å². The monoisotopic (exact) mass is 315 g/mol. The summed E-state index contributed by atoms with van der Waals surface area (Å²) in [5.41, 5.74) is -0.485. The predicted octanol–water partition coefficient (Wildman–Crippen LogP) is 1.38. The molecule has 1 fully saturated rings. The fourth-order valence-electron chi connectivity index (χ4n) is 2.32. The average molecular weight is 315 g/mol. The number of nitrogens with one attached hydrogen (secondary N) is 1. The lowest BCUT2D eigenvalue weighted by Crippen LogP contribution is -2.44. The molecule has 1 aliphatic heterocycles. The van der Waals surface area contributed by atoms with Gasteiger partial charge in [-0.15, -0.1) is 0 Å². The van der Waals surface area contributed by atoms with E-state index in [1.165, 1.54) is 19.1 Å². The molecule has 1 aromatic rings. The third-order valence-corrected chi connectivity index (χ3v) is 5.38. The third-order valence-electron chi connectivity index (χ3n) is 3.73. The molecule has 0 atom stereocenters. The highest BCUT2D eigenvalue weighted by Crippen LogP contribution is 2.25. The smallest absolute Gasteiger partial charge is 0.161 e.